The van der Waals surface area contributed by atoms with Gasteiger partial charge in [-0.25, -0.2) is 0 Å². The summed E-state index contributed by atoms with van der Waals surface area (Å²) in [5.74, 6) is 5.94. The zero-order chi connectivity index (χ0) is 14.7. The van der Waals surface area contributed by atoms with Crippen molar-refractivity contribution in [3.05, 3.63) is 59.7 Å². The Kier molecular flexibility index (Phi) is 3.81. The molecule has 0 aliphatic rings. The third-order valence-electron chi connectivity index (χ3n) is 3.12. The summed E-state index contributed by atoms with van der Waals surface area (Å²) < 4.78 is 0. The first-order valence-corrected chi connectivity index (χ1v) is 7.51. The number of rotatable bonds is 2. The van der Waals surface area contributed by atoms with E-state index < -0.39 is 0 Å². The molecule has 1 heterocycles. The molecule has 0 aliphatic heterocycles. The largest absolute Gasteiger partial charge is 0.148 e. The molecule has 0 unspecified atom stereocenters. The molecule has 2 aromatic carbocycles. The minimum absolute atomic E-state index is 0.932. The van der Waals surface area contributed by atoms with Gasteiger partial charge in [0, 0.05) is 16.7 Å². The van der Waals surface area contributed by atoms with Crippen LogP contribution in [0.3, 0.4) is 0 Å². The third kappa shape index (κ3) is 3.01. The maximum atomic E-state index is 4.29. The molecular weight excluding hydrogens is 276 g/mol. The number of hydrogen-bond donors (Lipinski definition) is 0. The second-order valence-corrected chi connectivity index (χ2v) is 5.71. The van der Waals surface area contributed by atoms with Gasteiger partial charge < -0.3 is 0 Å². The summed E-state index contributed by atoms with van der Waals surface area (Å²) in [5, 5.41) is 10.5. The lowest BCUT2D eigenvalue weighted by Gasteiger charge is -1.96. The van der Waals surface area contributed by atoms with Crippen LogP contribution in [0.25, 0.3) is 21.1 Å². The standard InChI is InChI=1S/C18H14N2S/c1-3-4-14-7-11-16(12-8-14)18-20-19-17(21-18)15-9-5-13(2)6-10-15/h5-12H,1-2H3. The first kappa shape index (κ1) is 13.5. The van der Waals surface area contributed by atoms with E-state index in [0.717, 1.165) is 26.7 Å². The van der Waals surface area contributed by atoms with Crippen molar-refractivity contribution < 1.29 is 0 Å². The Morgan fingerprint density at radius 2 is 1.33 bits per heavy atom. The van der Waals surface area contributed by atoms with E-state index in [4.69, 9.17) is 0 Å². The van der Waals surface area contributed by atoms with Crippen LogP contribution in [-0.2, 0) is 0 Å². The SMILES string of the molecule is CC#Cc1ccc(-c2nnc(-c3ccc(C)cc3)s2)cc1. The van der Waals surface area contributed by atoms with Gasteiger partial charge in [0.05, 0.1) is 0 Å². The fourth-order valence-corrected chi connectivity index (χ4v) is 2.85. The van der Waals surface area contributed by atoms with Gasteiger partial charge in [-0.2, -0.15) is 0 Å². The van der Waals surface area contributed by atoms with Crippen molar-refractivity contribution in [2.45, 2.75) is 13.8 Å². The zero-order valence-electron chi connectivity index (χ0n) is 11.9. The smallest absolute Gasteiger partial charge is 0.138 e. The van der Waals surface area contributed by atoms with Crippen molar-refractivity contribution in [3.63, 3.8) is 0 Å². The molecular formula is C18H14N2S. The number of aryl methyl sites for hydroxylation is 1. The highest BCUT2D eigenvalue weighted by atomic mass is 32.1. The molecule has 2 nitrogen and oxygen atoms in total. The van der Waals surface area contributed by atoms with Crippen molar-refractivity contribution in [2.75, 3.05) is 0 Å². The van der Waals surface area contributed by atoms with Crippen LogP contribution < -0.4 is 0 Å². The van der Waals surface area contributed by atoms with E-state index in [2.05, 4.69) is 53.2 Å². The van der Waals surface area contributed by atoms with E-state index in [1.807, 2.05) is 31.2 Å². The highest BCUT2D eigenvalue weighted by Crippen LogP contribution is 2.30. The van der Waals surface area contributed by atoms with Gasteiger partial charge >= 0.3 is 0 Å². The topological polar surface area (TPSA) is 25.8 Å². The van der Waals surface area contributed by atoms with Crippen molar-refractivity contribution >= 4 is 11.3 Å². The summed E-state index contributed by atoms with van der Waals surface area (Å²) in [6.07, 6.45) is 0. The van der Waals surface area contributed by atoms with E-state index >= 15 is 0 Å². The quantitative estimate of drug-likeness (QED) is 0.647. The molecule has 0 aliphatic carbocycles. The van der Waals surface area contributed by atoms with Crippen molar-refractivity contribution in [1.29, 1.82) is 0 Å². The number of aromatic nitrogens is 2. The van der Waals surface area contributed by atoms with E-state index in [0.29, 0.717) is 0 Å². The maximum absolute atomic E-state index is 4.29. The number of nitrogens with zero attached hydrogens (tertiary/aromatic N) is 2. The molecule has 1 aromatic heterocycles. The average Bonchev–Trinajstić information content (AvgIpc) is 2.99. The van der Waals surface area contributed by atoms with E-state index in [1.165, 1.54) is 5.56 Å². The minimum atomic E-state index is 0.932. The Balaban J connectivity index is 1.90. The highest BCUT2D eigenvalue weighted by Gasteiger charge is 2.08. The van der Waals surface area contributed by atoms with Crippen LogP contribution in [0.5, 0.6) is 0 Å². The summed E-state index contributed by atoms with van der Waals surface area (Å²) in [6.45, 7) is 3.92. The Hall–Kier alpha value is -2.44. The van der Waals surface area contributed by atoms with Gasteiger partial charge in [-0.05, 0) is 26.0 Å². The van der Waals surface area contributed by atoms with Crippen molar-refractivity contribution in [2.24, 2.45) is 0 Å². The Labute approximate surface area is 128 Å². The minimum Gasteiger partial charge on any atom is -0.138 e. The summed E-state index contributed by atoms with van der Waals surface area (Å²) >= 11 is 1.61. The molecule has 21 heavy (non-hydrogen) atoms. The van der Waals surface area contributed by atoms with Crippen LogP contribution in [-0.4, -0.2) is 10.2 Å². The molecule has 0 saturated heterocycles. The zero-order valence-corrected chi connectivity index (χ0v) is 12.7. The molecule has 0 amide bonds. The first-order valence-electron chi connectivity index (χ1n) is 6.70. The maximum Gasteiger partial charge on any atom is 0.148 e. The second kappa shape index (κ2) is 5.90. The normalized spacial score (nSPS) is 10.0. The van der Waals surface area contributed by atoms with Gasteiger partial charge in [0.15, 0.2) is 0 Å². The summed E-state index contributed by atoms with van der Waals surface area (Å²) in [4.78, 5) is 0. The molecule has 0 fully saturated rings. The van der Waals surface area contributed by atoms with Gasteiger partial charge in [-0.3, -0.25) is 0 Å². The lowest BCUT2D eigenvalue weighted by molar-refractivity contribution is 1.10. The molecule has 3 rings (SSSR count). The van der Waals surface area contributed by atoms with Gasteiger partial charge in [0.25, 0.3) is 0 Å². The monoisotopic (exact) mass is 290 g/mol. The molecule has 0 atom stereocenters. The van der Waals surface area contributed by atoms with Crippen molar-refractivity contribution in [1.82, 2.24) is 10.2 Å². The van der Waals surface area contributed by atoms with E-state index in [9.17, 15) is 0 Å². The fourth-order valence-electron chi connectivity index (χ4n) is 1.99. The van der Waals surface area contributed by atoms with Crippen LogP contribution in [0, 0.1) is 18.8 Å². The van der Waals surface area contributed by atoms with Gasteiger partial charge in [0.1, 0.15) is 10.0 Å². The van der Waals surface area contributed by atoms with Crippen LogP contribution >= 0.6 is 11.3 Å². The Morgan fingerprint density at radius 3 is 1.86 bits per heavy atom. The molecule has 3 aromatic rings. The van der Waals surface area contributed by atoms with Gasteiger partial charge in [0.2, 0.25) is 0 Å². The van der Waals surface area contributed by atoms with Crippen LogP contribution in [0.1, 0.15) is 18.1 Å². The highest BCUT2D eigenvalue weighted by molar-refractivity contribution is 7.17. The molecule has 0 radical (unpaired) electrons. The number of hydrogen-bond acceptors (Lipinski definition) is 3. The fraction of sp³-hybridized carbons (Fsp3) is 0.111. The van der Waals surface area contributed by atoms with E-state index in [1.54, 1.807) is 11.3 Å². The van der Waals surface area contributed by atoms with E-state index in [-0.39, 0.29) is 0 Å². The molecule has 0 spiro atoms. The lowest BCUT2D eigenvalue weighted by Crippen LogP contribution is -1.79. The van der Waals surface area contributed by atoms with Crippen molar-refractivity contribution in [3.8, 4) is 33.0 Å². The molecule has 0 saturated carbocycles. The Morgan fingerprint density at radius 1 is 0.810 bits per heavy atom. The summed E-state index contributed by atoms with van der Waals surface area (Å²) in [7, 11) is 0. The van der Waals surface area contributed by atoms with Crippen LogP contribution in [0.4, 0.5) is 0 Å². The average molecular weight is 290 g/mol. The molecule has 0 N–H and O–H groups in total. The predicted molar refractivity (Wildman–Crippen MR) is 88.1 cm³/mol. The third-order valence-corrected chi connectivity index (χ3v) is 4.15. The lowest BCUT2D eigenvalue weighted by atomic mass is 10.1. The van der Waals surface area contributed by atoms with Crippen LogP contribution in [0.2, 0.25) is 0 Å². The van der Waals surface area contributed by atoms with Gasteiger partial charge in [-0.1, -0.05) is 59.2 Å². The van der Waals surface area contributed by atoms with Gasteiger partial charge in [-0.15, -0.1) is 16.1 Å². The second-order valence-electron chi connectivity index (χ2n) is 4.73. The van der Waals surface area contributed by atoms with Crippen LogP contribution in [0.15, 0.2) is 48.5 Å². The first-order chi connectivity index (χ1) is 10.3. The molecule has 0 bridgehead atoms. The molecule has 3 heteroatoms. The predicted octanol–water partition coefficient (Wildman–Crippen LogP) is 4.55. The number of benzene rings is 2. The summed E-state index contributed by atoms with van der Waals surface area (Å²) in [6, 6.07) is 16.5. The Bertz CT molecular complexity index is 803. The summed E-state index contributed by atoms with van der Waals surface area (Å²) in [5.41, 5.74) is 4.45. The molecule has 102 valence electrons.